The fourth-order valence-electron chi connectivity index (χ4n) is 5.68. The number of amides is 2. The summed E-state index contributed by atoms with van der Waals surface area (Å²) in [5, 5.41) is 3.05. The van der Waals surface area contributed by atoms with Crippen molar-refractivity contribution in [2.24, 2.45) is 5.92 Å². The van der Waals surface area contributed by atoms with E-state index in [1.807, 2.05) is 0 Å². The third kappa shape index (κ3) is 5.73. The van der Waals surface area contributed by atoms with Gasteiger partial charge < -0.3 is 15.1 Å². The maximum absolute atomic E-state index is 13.4. The number of rotatable bonds is 7. The largest absolute Gasteiger partial charge is 0.338 e. The molecule has 3 aromatic carbocycles. The highest BCUT2D eigenvalue weighted by atomic mass is 19.1. The van der Waals surface area contributed by atoms with Gasteiger partial charge in [0.1, 0.15) is 5.82 Å². The minimum atomic E-state index is -0.242. The molecule has 0 atom stereocenters. The third-order valence-corrected chi connectivity index (χ3v) is 7.53. The molecule has 0 aliphatic carbocycles. The predicted octanol–water partition coefficient (Wildman–Crippen LogP) is 5.79. The van der Waals surface area contributed by atoms with E-state index >= 15 is 0 Å². The summed E-state index contributed by atoms with van der Waals surface area (Å²) in [4.78, 5) is 16.8. The minimum absolute atomic E-state index is 0.0612. The van der Waals surface area contributed by atoms with Crippen molar-refractivity contribution in [2.45, 2.75) is 38.3 Å². The summed E-state index contributed by atoms with van der Waals surface area (Å²) in [6.07, 6.45) is 3.31. The van der Waals surface area contributed by atoms with Crippen LogP contribution in [-0.4, -0.2) is 42.0 Å². The molecule has 0 saturated carbocycles. The second kappa shape index (κ2) is 11.0. The van der Waals surface area contributed by atoms with E-state index in [1.54, 1.807) is 11.0 Å². The number of piperidine rings is 1. The van der Waals surface area contributed by atoms with Gasteiger partial charge in [-0.2, -0.15) is 0 Å². The van der Waals surface area contributed by atoms with Gasteiger partial charge in [-0.25, -0.2) is 9.18 Å². The molecular formula is C30H34FN3O. The molecule has 1 saturated heterocycles. The van der Waals surface area contributed by atoms with Crippen LogP contribution in [0.1, 0.15) is 47.4 Å². The summed E-state index contributed by atoms with van der Waals surface area (Å²) < 4.78 is 13.4. The molecule has 0 bridgehead atoms. The molecule has 0 spiro atoms. The molecule has 0 unspecified atom stereocenters. The van der Waals surface area contributed by atoms with Gasteiger partial charge in [0.25, 0.3) is 0 Å². The average molecular weight is 472 g/mol. The highest BCUT2D eigenvalue weighted by Gasteiger charge is 2.29. The first kappa shape index (κ1) is 23.6. The molecule has 5 heteroatoms. The van der Waals surface area contributed by atoms with Gasteiger partial charge in [0.05, 0.1) is 0 Å². The lowest BCUT2D eigenvalue weighted by atomic mass is 9.76. The summed E-state index contributed by atoms with van der Waals surface area (Å²) in [5.74, 6) is 0.836. The molecule has 2 aliphatic heterocycles. The Kier molecular flexibility index (Phi) is 7.43. The first-order chi connectivity index (χ1) is 17.2. The van der Waals surface area contributed by atoms with Crippen molar-refractivity contribution in [1.29, 1.82) is 0 Å². The Morgan fingerprint density at radius 2 is 1.51 bits per heavy atom. The smallest absolute Gasteiger partial charge is 0.318 e. The van der Waals surface area contributed by atoms with Crippen LogP contribution < -0.4 is 5.32 Å². The summed E-state index contributed by atoms with van der Waals surface area (Å²) in [6.45, 7) is 4.90. The van der Waals surface area contributed by atoms with Crippen LogP contribution in [0.5, 0.6) is 0 Å². The molecule has 3 aromatic rings. The van der Waals surface area contributed by atoms with Gasteiger partial charge in [-0.05, 0) is 79.2 Å². The maximum atomic E-state index is 13.4. The summed E-state index contributed by atoms with van der Waals surface area (Å²) in [7, 11) is 0. The average Bonchev–Trinajstić information content (AvgIpc) is 3.32. The third-order valence-electron chi connectivity index (χ3n) is 7.53. The Morgan fingerprint density at radius 1 is 0.886 bits per heavy atom. The molecule has 2 heterocycles. The van der Waals surface area contributed by atoms with E-state index in [1.165, 1.54) is 36.1 Å². The highest BCUT2D eigenvalue weighted by Crippen LogP contribution is 2.37. The molecule has 0 radical (unpaired) electrons. The normalized spacial score (nSPS) is 16.5. The molecule has 182 valence electrons. The van der Waals surface area contributed by atoms with Crippen LogP contribution in [0, 0.1) is 11.7 Å². The SMILES string of the molecule is O=C(NCCCN1CCC(C(c2ccccc2)c2ccccc2)CC1)N1Cc2ccc(F)cc2C1. The van der Waals surface area contributed by atoms with E-state index in [4.69, 9.17) is 0 Å². The second-order valence-corrected chi connectivity index (χ2v) is 9.83. The number of halogens is 1. The van der Waals surface area contributed by atoms with Gasteiger partial charge in [-0.1, -0.05) is 66.7 Å². The van der Waals surface area contributed by atoms with Crippen molar-refractivity contribution in [1.82, 2.24) is 15.1 Å². The van der Waals surface area contributed by atoms with E-state index in [0.29, 0.717) is 31.5 Å². The van der Waals surface area contributed by atoms with Crippen molar-refractivity contribution in [3.8, 4) is 0 Å². The van der Waals surface area contributed by atoms with Crippen LogP contribution in [-0.2, 0) is 13.1 Å². The number of nitrogens with zero attached hydrogens (tertiary/aromatic N) is 2. The highest BCUT2D eigenvalue weighted by molar-refractivity contribution is 5.75. The lowest BCUT2D eigenvalue weighted by Gasteiger charge is -2.36. The molecular weight excluding hydrogens is 437 g/mol. The first-order valence-electron chi connectivity index (χ1n) is 12.8. The summed E-state index contributed by atoms with van der Waals surface area (Å²) in [5.41, 5.74) is 4.76. The number of carbonyl (C=O) groups is 1. The number of hydrogen-bond donors (Lipinski definition) is 1. The maximum Gasteiger partial charge on any atom is 0.318 e. The Balaban J connectivity index is 1.07. The van der Waals surface area contributed by atoms with E-state index in [-0.39, 0.29) is 11.8 Å². The van der Waals surface area contributed by atoms with Gasteiger partial charge in [-0.15, -0.1) is 0 Å². The zero-order valence-electron chi connectivity index (χ0n) is 20.2. The summed E-state index contributed by atoms with van der Waals surface area (Å²) in [6, 6.07) is 26.6. The molecule has 5 rings (SSSR count). The van der Waals surface area contributed by atoms with Crippen molar-refractivity contribution < 1.29 is 9.18 Å². The van der Waals surface area contributed by atoms with Crippen LogP contribution >= 0.6 is 0 Å². The van der Waals surface area contributed by atoms with Gasteiger partial charge >= 0.3 is 6.03 Å². The van der Waals surface area contributed by atoms with Gasteiger partial charge in [-0.3, -0.25) is 0 Å². The Hall–Kier alpha value is -3.18. The van der Waals surface area contributed by atoms with Crippen molar-refractivity contribution in [3.63, 3.8) is 0 Å². The van der Waals surface area contributed by atoms with E-state index in [2.05, 4.69) is 70.9 Å². The summed E-state index contributed by atoms with van der Waals surface area (Å²) >= 11 is 0. The molecule has 35 heavy (non-hydrogen) atoms. The van der Waals surface area contributed by atoms with Crippen molar-refractivity contribution in [3.05, 3.63) is 107 Å². The van der Waals surface area contributed by atoms with Crippen molar-refractivity contribution >= 4 is 6.03 Å². The van der Waals surface area contributed by atoms with Crippen LogP contribution in [0.4, 0.5) is 9.18 Å². The Labute approximate surface area is 207 Å². The quantitative estimate of drug-likeness (QED) is 0.443. The number of fused-ring (bicyclic) bond motifs is 1. The number of carbonyl (C=O) groups excluding carboxylic acids is 1. The number of likely N-dealkylation sites (tertiary alicyclic amines) is 1. The standard InChI is InChI=1S/C30H34FN3O/c31-28-13-12-26-21-34(22-27(26)20-28)30(35)32-16-7-17-33-18-14-25(15-19-33)29(23-8-3-1-4-9-23)24-10-5-2-6-11-24/h1-6,8-13,20,25,29H,7,14-19,21-22H2,(H,32,35). The number of urea groups is 1. The lowest BCUT2D eigenvalue weighted by molar-refractivity contribution is 0.171. The Bertz CT molecular complexity index is 1070. The van der Waals surface area contributed by atoms with Crippen LogP contribution in [0.15, 0.2) is 78.9 Å². The molecule has 1 fully saturated rings. The molecule has 2 amide bonds. The van der Waals surface area contributed by atoms with Gasteiger partial charge in [0.15, 0.2) is 0 Å². The number of hydrogen-bond acceptors (Lipinski definition) is 2. The predicted molar refractivity (Wildman–Crippen MR) is 138 cm³/mol. The van der Waals surface area contributed by atoms with E-state index in [9.17, 15) is 9.18 Å². The zero-order chi connectivity index (χ0) is 24.0. The number of nitrogens with one attached hydrogen (secondary N) is 1. The molecule has 0 aromatic heterocycles. The Morgan fingerprint density at radius 3 is 2.17 bits per heavy atom. The lowest BCUT2D eigenvalue weighted by Crippen LogP contribution is -2.39. The topological polar surface area (TPSA) is 35.6 Å². The fourth-order valence-corrected chi connectivity index (χ4v) is 5.68. The minimum Gasteiger partial charge on any atom is -0.338 e. The molecule has 2 aliphatic rings. The molecule has 4 nitrogen and oxygen atoms in total. The van der Waals surface area contributed by atoms with Gasteiger partial charge in [0, 0.05) is 25.6 Å². The zero-order valence-corrected chi connectivity index (χ0v) is 20.2. The van der Waals surface area contributed by atoms with Crippen LogP contribution in [0.3, 0.4) is 0 Å². The monoisotopic (exact) mass is 471 g/mol. The van der Waals surface area contributed by atoms with Gasteiger partial charge in [0.2, 0.25) is 0 Å². The van der Waals surface area contributed by atoms with Crippen LogP contribution in [0.2, 0.25) is 0 Å². The molecule has 1 N–H and O–H groups in total. The van der Waals surface area contributed by atoms with Crippen LogP contribution in [0.25, 0.3) is 0 Å². The number of benzene rings is 3. The fraction of sp³-hybridized carbons (Fsp3) is 0.367. The van der Waals surface area contributed by atoms with Crippen molar-refractivity contribution in [2.75, 3.05) is 26.2 Å². The first-order valence-corrected chi connectivity index (χ1v) is 12.8. The second-order valence-electron chi connectivity index (χ2n) is 9.83. The van der Waals surface area contributed by atoms with E-state index < -0.39 is 0 Å². The van der Waals surface area contributed by atoms with E-state index in [0.717, 1.165) is 37.2 Å².